The lowest BCUT2D eigenvalue weighted by Crippen LogP contribution is -2.20. The molecule has 1 heterocycles. The summed E-state index contributed by atoms with van der Waals surface area (Å²) < 4.78 is 13.7. The quantitative estimate of drug-likeness (QED) is 0.894. The third kappa shape index (κ3) is 2.39. The lowest BCUT2D eigenvalue weighted by molar-refractivity contribution is -0.138. The molecule has 1 atom stereocenters. The molecule has 1 aromatic heterocycles. The van der Waals surface area contributed by atoms with Crippen molar-refractivity contribution in [3.05, 3.63) is 40.7 Å². The zero-order chi connectivity index (χ0) is 13.3. The number of thiazole rings is 1. The van der Waals surface area contributed by atoms with Gasteiger partial charge in [0.05, 0.1) is 5.69 Å². The van der Waals surface area contributed by atoms with Crippen LogP contribution in [0.2, 0.25) is 0 Å². The Morgan fingerprint density at radius 2 is 2.28 bits per heavy atom. The fraction of sp³-hybridized carbons (Fsp3) is 0.167. The summed E-state index contributed by atoms with van der Waals surface area (Å²) >= 11 is 1.17. The lowest BCUT2D eigenvalue weighted by Gasteiger charge is -2.02. The SMILES string of the molecule is Cc1ccc(-c2nc(C(N)C(=O)O)cs2)c(F)c1. The highest BCUT2D eigenvalue weighted by Crippen LogP contribution is 2.28. The molecule has 0 aliphatic carbocycles. The molecule has 0 amide bonds. The van der Waals surface area contributed by atoms with E-state index >= 15 is 0 Å². The summed E-state index contributed by atoms with van der Waals surface area (Å²) in [5, 5.41) is 10.7. The number of nitrogens with two attached hydrogens (primary N) is 1. The highest BCUT2D eigenvalue weighted by Gasteiger charge is 2.19. The first-order valence-corrected chi connectivity index (χ1v) is 6.07. The van der Waals surface area contributed by atoms with E-state index in [9.17, 15) is 9.18 Å². The minimum Gasteiger partial charge on any atom is -0.480 e. The van der Waals surface area contributed by atoms with Crippen LogP contribution >= 0.6 is 11.3 Å². The van der Waals surface area contributed by atoms with Crippen molar-refractivity contribution in [3.63, 3.8) is 0 Å². The third-order valence-corrected chi connectivity index (χ3v) is 3.36. The molecule has 0 saturated carbocycles. The highest BCUT2D eigenvalue weighted by molar-refractivity contribution is 7.13. The molecule has 3 N–H and O–H groups in total. The van der Waals surface area contributed by atoms with E-state index in [0.717, 1.165) is 5.56 Å². The molecule has 1 unspecified atom stereocenters. The van der Waals surface area contributed by atoms with Crippen molar-refractivity contribution < 1.29 is 14.3 Å². The molecule has 0 aliphatic rings. The molecule has 0 fully saturated rings. The van der Waals surface area contributed by atoms with Gasteiger partial charge in [0.1, 0.15) is 16.9 Å². The van der Waals surface area contributed by atoms with Crippen LogP contribution in [-0.4, -0.2) is 16.1 Å². The summed E-state index contributed by atoms with van der Waals surface area (Å²) in [7, 11) is 0. The first-order chi connectivity index (χ1) is 8.49. The van der Waals surface area contributed by atoms with Gasteiger partial charge in [-0.05, 0) is 24.6 Å². The Bertz CT molecular complexity index is 598. The molecule has 0 spiro atoms. The minimum atomic E-state index is -1.18. The van der Waals surface area contributed by atoms with Crippen molar-refractivity contribution in [2.45, 2.75) is 13.0 Å². The van der Waals surface area contributed by atoms with Gasteiger partial charge in [0.25, 0.3) is 0 Å². The molecule has 94 valence electrons. The van der Waals surface area contributed by atoms with Crippen LogP contribution in [0.25, 0.3) is 10.6 Å². The average Bonchev–Trinajstić information content (AvgIpc) is 2.77. The topological polar surface area (TPSA) is 76.2 Å². The summed E-state index contributed by atoms with van der Waals surface area (Å²) in [6.07, 6.45) is 0. The van der Waals surface area contributed by atoms with E-state index < -0.39 is 12.0 Å². The molecule has 0 aliphatic heterocycles. The van der Waals surface area contributed by atoms with Crippen LogP contribution in [0.1, 0.15) is 17.3 Å². The largest absolute Gasteiger partial charge is 0.480 e. The van der Waals surface area contributed by atoms with E-state index in [1.165, 1.54) is 22.8 Å². The Morgan fingerprint density at radius 1 is 1.56 bits per heavy atom. The molecule has 2 aromatic rings. The van der Waals surface area contributed by atoms with E-state index in [4.69, 9.17) is 10.8 Å². The molecule has 18 heavy (non-hydrogen) atoms. The molecule has 0 radical (unpaired) electrons. The zero-order valence-corrected chi connectivity index (χ0v) is 10.4. The number of hydrogen-bond donors (Lipinski definition) is 2. The number of halogens is 1. The Balaban J connectivity index is 2.38. The van der Waals surface area contributed by atoms with E-state index in [-0.39, 0.29) is 11.5 Å². The Kier molecular flexibility index (Phi) is 3.40. The molecule has 4 nitrogen and oxygen atoms in total. The summed E-state index contributed by atoms with van der Waals surface area (Å²) in [4.78, 5) is 14.8. The minimum absolute atomic E-state index is 0.238. The lowest BCUT2D eigenvalue weighted by atomic mass is 10.1. The number of nitrogens with zero attached hydrogens (tertiary/aromatic N) is 1. The van der Waals surface area contributed by atoms with Crippen LogP contribution in [-0.2, 0) is 4.79 Å². The average molecular weight is 266 g/mol. The summed E-state index contributed by atoms with van der Waals surface area (Å²) in [6.45, 7) is 1.79. The van der Waals surface area contributed by atoms with Crippen LogP contribution < -0.4 is 5.73 Å². The normalized spacial score (nSPS) is 12.4. The molecule has 2 rings (SSSR count). The molecule has 0 saturated heterocycles. The molecular weight excluding hydrogens is 255 g/mol. The van der Waals surface area contributed by atoms with E-state index in [0.29, 0.717) is 10.6 Å². The van der Waals surface area contributed by atoms with Crippen LogP contribution in [0, 0.1) is 12.7 Å². The number of rotatable bonds is 3. The van der Waals surface area contributed by atoms with Crippen molar-refractivity contribution in [2.24, 2.45) is 5.73 Å². The molecule has 6 heteroatoms. The number of carbonyl (C=O) groups is 1. The van der Waals surface area contributed by atoms with Gasteiger partial charge in [-0.2, -0.15) is 0 Å². The molecule has 0 bridgehead atoms. The third-order valence-electron chi connectivity index (χ3n) is 2.46. The predicted molar refractivity (Wildman–Crippen MR) is 66.8 cm³/mol. The first-order valence-electron chi connectivity index (χ1n) is 5.19. The van der Waals surface area contributed by atoms with Gasteiger partial charge in [-0.3, -0.25) is 4.79 Å². The second kappa shape index (κ2) is 4.83. The first kappa shape index (κ1) is 12.7. The Hall–Kier alpha value is -1.79. The van der Waals surface area contributed by atoms with Gasteiger partial charge >= 0.3 is 5.97 Å². The number of aromatic nitrogens is 1. The van der Waals surface area contributed by atoms with Crippen LogP contribution in [0.15, 0.2) is 23.6 Å². The fourth-order valence-electron chi connectivity index (χ4n) is 1.47. The van der Waals surface area contributed by atoms with Gasteiger partial charge in [0.15, 0.2) is 0 Å². The van der Waals surface area contributed by atoms with Gasteiger partial charge in [-0.1, -0.05) is 6.07 Å². The number of carboxylic acids is 1. The van der Waals surface area contributed by atoms with Crippen molar-refractivity contribution >= 4 is 17.3 Å². The van der Waals surface area contributed by atoms with E-state index in [1.807, 2.05) is 0 Å². The predicted octanol–water partition coefficient (Wildman–Crippen LogP) is 2.34. The Morgan fingerprint density at radius 3 is 2.89 bits per heavy atom. The van der Waals surface area contributed by atoms with Gasteiger partial charge in [-0.15, -0.1) is 11.3 Å². The Labute approximate surface area is 107 Å². The van der Waals surface area contributed by atoms with Crippen molar-refractivity contribution in [1.82, 2.24) is 4.98 Å². The maximum absolute atomic E-state index is 13.7. The van der Waals surface area contributed by atoms with Crippen LogP contribution in [0.5, 0.6) is 0 Å². The standard InChI is InChI=1S/C12H11FN2O2S/c1-6-2-3-7(8(13)4-6)11-15-9(5-18-11)10(14)12(16)17/h2-5,10H,14H2,1H3,(H,16,17). The van der Waals surface area contributed by atoms with Crippen molar-refractivity contribution in [3.8, 4) is 10.6 Å². The van der Waals surface area contributed by atoms with E-state index in [2.05, 4.69) is 4.98 Å². The summed E-state index contributed by atoms with van der Waals surface area (Å²) in [5.74, 6) is -1.53. The monoisotopic (exact) mass is 266 g/mol. The molecule has 1 aromatic carbocycles. The van der Waals surface area contributed by atoms with E-state index in [1.54, 1.807) is 19.1 Å². The van der Waals surface area contributed by atoms with Gasteiger partial charge in [-0.25, -0.2) is 9.37 Å². The number of benzene rings is 1. The summed E-state index contributed by atoms with van der Waals surface area (Å²) in [5.41, 5.74) is 6.85. The second-order valence-electron chi connectivity index (χ2n) is 3.88. The van der Waals surface area contributed by atoms with Crippen molar-refractivity contribution in [1.29, 1.82) is 0 Å². The van der Waals surface area contributed by atoms with Crippen LogP contribution in [0.3, 0.4) is 0 Å². The van der Waals surface area contributed by atoms with Crippen LogP contribution in [0.4, 0.5) is 4.39 Å². The van der Waals surface area contributed by atoms with Gasteiger partial charge in [0.2, 0.25) is 0 Å². The second-order valence-corrected chi connectivity index (χ2v) is 4.73. The summed E-state index contributed by atoms with van der Waals surface area (Å²) in [6, 6.07) is 3.63. The maximum atomic E-state index is 13.7. The number of hydrogen-bond acceptors (Lipinski definition) is 4. The number of aliphatic carboxylic acids is 1. The molecular formula is C12H11FN2O2S. The zero-order valence-electron chi connectivity index (χ0n) is 9.55. The highest BCUT2D eigenvalue weighted by atomic mass is 32.1. The fourth-order valence-corrected chi connectivity index (χ4v) is 2.36. The van der Waals surface area contributed by atoms with Gasteiger partial charge in [0, 0.05) is 10.9 Å². The number of carboxylic acid groups (broad SMARTS) is 1. The van der Waals surface area contributed by atoms with Gasteiger partial charge < -0.3 is 10.8 Å². The maximum Gasteiger partial charge on any atom is 0.326 e. The number of aryl methyl sites for hydroxylation is 1. The smallest absolute Gasteiger partial charge is 0.326 e. The van der Waals surface area contributed by atoms with Crippen molar-refractivity contribution in [2.75, 3.05) is 0 Å².